The van der Waals surface area contributed by atoms with Crippen molar-refractivity contribution < 1.29 is 13.5 Å². The Bertz CT molecular complexity index is 802. The second-order valence-electron chi connectivity index (χ2n) is 7.96. The third-order valence-electron chi connectivity index (χ3n) is 6.03. The lowest BCUT2D eigenvalue weighted by Crippen LogP contribution is -2.14. The zero-order valence-electron chi connectivity index (χ0n) is 17.6. The molecule has 1 aliphatic rings. The molecule has 0 saturated heterocycles. The van der Waals surface area contributed by atoms with Gasteiger partial charge in [-0.25, -0.2) is 4.39 Å². The summed E-state index contributed by atoms with van der Waals surface area (Å²) < 4.78 is 33.8. The fourth-order valence-corrected chi connectivity index (χ4v) is 4.23. The summed E-state index contributed by atoms with van der Waals surface area (Å²) in [5, 5.41) is 0. The van der Waals surface area contributed by atoms with Crippen LogP contribution in [0.4, 0.5) is 8.78 Å². The topological polar surface area (TPSA) is 9.23 Å². The minimum absolute atomic E-state index is 0.00898. The van der Waals surface area contributed by atoms with E-state index in [1.165, 1.54) is 11.1 Å². The second-order valence-corrected chi connectivity index (χ2v) is 7.96. The molecule has 2 aromatic rings. The van der Waals surface area contributed by atoms with E-state index in [4.69, 9.17) is 4.74 Å². The third-order valence-corrected chi connectivity index (χ3v) is 6.03. The van der Waals surface area contributed by atoms with Crippen molar-refractivity contribution in [1.29, 1.82) is 0 Å². The Labute approximate surface area is 173 Å². The van der Waals surface area contributed by atoms with Crippen LogP contribution in [0.25, 0.3) is 0 Å². The van der Waals surface area contributed by atoms with E-state index >= 15 is 0 Å². The first-order chi connectivity index (χ1) is 14.1. The number of rotatable bonds is 8. The van der Waals surface area contributed by atoms with E-state index in [0.29, 0.717) is 18.1 Å². The molecule has 0 spiro atoms. The van der Waals surface area contributed by atoms with Gasteiger partial charge in [0.15, 0.2) is 11.6 Å². The minimum Gasteiger partial charge on any atom is -0.491 e. The predicted molar refractivity (Wildman–Crippen MR) is 116 cm³/mol. The van der Waals surface area contributed by atoms with E-state index in [1.54, 1.807) is 19.1 Å². The largest absolute Gasteiger partial charge is 0.491 e. The van der Waals surface area contributed by atoms with Crippen LogP contribution in [0.2, 0.25) is 0 Å². The van der Waals surface area contributed by atoms with Gasteiger partial charge in [0.1, 0.15) is 0 Å². The summed E-state index contributed by atoms with van der Waals surface area (Å²) in [7, 11) is 0. The molecule has 3 heteroatoms. The molecule has 29 heavy (non-hydrogen) atoms. The van der Waals surface area contributed by atoms with Crippen molar-refractivity contribution in [3.8, 4) is 5.75 Å². The molecule has 0 aromatic heterocycles. The molecule has 0 radical (unpaired) electrons. The van der Waals surface area contributed by atoms with Gasteiger partial charge in [-0.15, -0.1) is 0 Å². The van der Waals surface area contributed by atoms with E-state index in [2.05, 4.69) is 43.3 Å². The summed E-state index contributed by atoms with van der Waals surface area (Å²) >= 11 is 0. The average Bonchev–Trinajstić information content (AvgIpc) is 2.76. The summed E-state index contributed by atoms with van der Waals surface area (Å²) in [6.07, 6.45) is 11.7. The van der Waals surface area contributed by atoms with E-state index in [1.807, 2.05) is 0 Å². The summed E-state index contributed by atoms with van der Waals surface area (Å²) in [5.74, 6) is -0.927. The monoisotopic (exact) mass is 398 g/mol. The number of halogens is 2. The fraction of sp³-hybridized carbons (Fsp3) is 0.462. The highest BCUT2D eigenvalue weighted by atomic mass is 19.2. The van der Waals surface area contributed by atoms with Crippen molar-refractivity contribution in [1.82, 2.24) is 0 Å². The van der Waals surface area contributed by atoms with E-state index in [-0.39, 0.29) is 11.7 Å². The Balaban J connectivity index is 1.47. The highest BCUT2D eigenvalue weighted by Crippen LogP contribution is 2.39. The van der Waals surface area contributed by atoms with Gasteiger partial charge in [-0.2, -0.15) is 4.39 Å². The maximum Gasteiger partial charge on any atom is 0.200 e. The molecule has 0 N–H and O–H groups in total. The van der Waals surface area contributed by atoms with Gasteiger partial charge in [0, 0.05) is 0 Å². The number of benzene rings is 2. The smallest absolute Gasteiger partial charge is 0.200 e. The Morgan fingerprint density at radius 1 is 0.897 bits per heavy atom. The van der Waals surface area contributed by atoms with Crippen molar-refractivity contribution in [3.63, 3.8) is 0 Å². The van der Waals surface area contributed by atoms with E-state index in [9.17, 15) is 8.78 Å². The van der Waals surface area contributed by atoms with Gasteiger partial charge in [-0.1, -0.05) is 49.4 Å². The van der Waals surface area contributed by atoms with Crippen molar-refractivity contribution >= 4 is 0 Å². The molecule has 0 heterocycles. The second kappa shape index (κ2) is 10.6. The number of ether oxygens (including phenoxy) is 1. The molecule has 1 nitrogen and oxygen atoms in total. The van der Waals surface area contributed by atoms with Gasteiger partial charge < -0.3 is 4.74 Å². The molecule has 2 aromatic carbocycles. The summed E-state index contributed by atoms with van der Waals surface area (Å²) in [4.78, 5) is 0. The van der Waals surface area contributed by atoms with Crippen LogP contribution in [0.3, 0.4) is 0 Å². The van der Waals surface area contributed by atoms with Gasteiger partial charge in [0.2, 0.25) is 5.82 Å². The Hall–Kier alpha value is -2.16. The van der Waals surface area contributed by atoms with E-state index in [0.717, 1.165) is 44.9 Å². The van der Waals surface area contributed by atoms with Gasteiger partial charge in [-0.05, 0) is 86.5 Å². The zero-order valence-corrected chi connectivity index (χ0v) is 17.6. The van der Waals surface area contributed by atoms with E-state index < -0.39 is 11.6 Å². The average molecular weight is 399 g/mol. The summed E-state index contributed by atoms with van der Waals surface area (Å²) in [6.45, 7) is 4.27. The molecule has 0 unspecified atom stereocenters. The molecule has 1 fully saturated rings. The van der Waals surface area contributed by atoms with Crippen LogP contribution in [0.5, 0.6) is 5.75 Å². The number of hydrogen-bond acceptors (Lipinski definition) is 1. The standard InChI is InChI=1S/C26H32F2O/c1-3-19-9-11-20(12-10-19)7-5-6-8-21-13-15-22(16-14-21)23-17-18-24(29-4-2)26(28)25(23)27/h6,8-12,17-18,21-22H,3-5,7,13-16H2,1-2H3. The molecule has 1 aliphatic carbocycles. The van der Waals surface area contributed by atoms with Gasteiger partial charge in [0.25, 0.3) is 0 Å². The highest BCUT2D eigenvalue weighted by Gasteiger charge is 2.25. The van der Waals surface area contributed by atoms with Crippen LogP contribution in [0.15, 0.2) is 48.6 Å². The van der Waals surface area contributed by atoms with Crippen LogP contribution >= 0.6 is 0 Å². The molecular formula is C26H32F2O. The summed E-state index contributed by atoms with van der Waals surface area (Å²) in [6, 6.07) is 12.1. The minimum atomic E-state index is -0.849. The highest BCUT2D eigenvalue weighted by molar-refractivity contribution is 5.33. The molecule has 0 bridgehead atoms. The lowest BCUT2D eigenvalue weighted by molar-refractivity contribution is 0.310. The molecule has 1 saturated carbocycles. The predicted octanol–water partition coefficient (Wildman–Crippen LogP) is 7.39. The van der Waals surface area contributed by atoms with Crippen molar-refractivity contribution in [2.75, 3.05) is 6.61 Å². The molecule has 0 amide bonds. The van der Waals surface area contributed by atoms with Crippen molar-refractivity contribution in [2.45, 2.75) is 64.7 Å². The van der Waals surface area contributed by atoms with Crippen LogP contribution in [0, 0.1) is 17.6 Å². The lowest BCUT2D eigenvalue weighted by Gasteiger charge is -2.27. The summed E-state index contributed by atoms with van der Waals surface area (Å²) in [5.41, 5.74) is 3.26. The van der Waals surface area contributed by atoms with Crippen LogP contribution < -0.4 is 4.74 Å². The molecular weight excluding hydrogens is 366 g/mol. The quantitative estimate of drug-likeness (QED) is 0.421. The van der Waals surface area contributed by atoms with Crippen molar-refractivity contribution in [2.24, 2.45) is 5.92 Å². The van der Waals surface area contributed by atoms with Crippen LogP contribution in [-0.2, 0) is 12.8 Å². The first-order valence-electron chi connectivity index (χ1n) is 11.0. The van der Waals surface area contributed by atoms with Crippen LogP contribution in [0.1, 0.15) is 68.6 Å². The third kappa shape index (κ3) is 5.68. The fourth-order valence-electron chi connectivity index (χ4n) is 4.23. The molecule has 0 atom stereocenters. The SMILES string of the molecule is CCOc1ccc(C2CCC(C=CCCc3ccc(CC)cc3)CC2)c(F)c1F. The zero-order chi connectivity index (χ0) is 20.6. The maximum atomic E-state index is 14.5. The molecule has 0 aliphatic heterocycles. The van der Waals surface area contributed by atoms with Crippen LogP contribution in [-0.4, -0.2) is 6.61 Å². The maximum absolute atomic E-state index is 14.5. The Morgan fingerprint density at radius 2 is 1.59 bits per heavy atom. The van der Waals surface area contributed by atoms with Gasteiger partial charge in [0.05, 0.1) is 6.61 Å². The normalized spacial score (nSPS) is 19.6. The Kier molecular flexibility index (Phi) is 7.85. The lowest BCUT2D eigenvalue weighted by atomic mass is 9.78. The first-order valence-corrected chi connectivity index (χ1v) is 11.0. The van der Waals surface area contributed by atoms with Gasteiger partial charge >= 0.3 is 0 Å². The number of aryl methyl sites for hydroxylation is 2. The van der Waals surface area contributed by atoms with Gasteiger partial charge in [-0.3, -0.25) is 0 Å². The number of hydrogen-bond donors (Lipinski definition) is 0. The Morgan fingerprint density at radius 3 is 2.24 bits per heavy atom. The molecule has 156 valence electrons. The van der Waals surface area contributed by atoms with Crippen molar-refractivity contribution in [3.05, 3.63) is 76.9 Å². The molecule has 3 rings (SSSR count). The first kappa shape index (κ1) is 21.5. The number of allylic oxidation sites excluding steroid dienone is 2.